The van der Waals surface area contributed by atoms with E-state index in [-0.39, 0.29) is 17.9 Å². The molecule has 0 spiro atoms. The molecule has 1 aliphatic heterocycles. The minimum Gasteiger partial charge on any atom is -0.340 e. The van der Waals surface area contributed by atoms with Crippen LogP contribution in [0.25, 0.3) is 0 Å². The maximum atomic E-state index is 13.0. The van der Waals surface area contributed by atoms with Gasteiger partial charge in [-0.3, -0.25) is 14.3 Å². The van der Waals surface area contributed by atoms with Gasteiger partial charge in [0.15, 0.2) is 0 Å². The molecular weight excluding hydrogens is 342 g/mol. The highest BCUT2D eigenvalue weighted by Crippen LogP contribution is 2.36. The minimum atomic E-state index is -0.00226. The summed E-state index contributed by atoms with van der Waals surface area (Å²) < 4.78 is 3.91. The van der Waals surface area contributed by atoms with Gasteiger partial charge in [-0.15, -0.1) is 0 Å². The highest BCUT2D eigenvalue weighted by Gasteiger charge is 2.30. The second kappa shape index (κ2) is 7.21. The van der Waals surface area contributed by atoms with Gasteiger partial charge < -0.3 is 14.4 Å². The molecule has 0 bridgehead atoms. The second-order valence-electron chi connectivity index (χ2n) is 7.77. The standard InChI is InChI=1S/C20H27N5O2/c1-15(2)25-14-16(13-21-25)19(26)22-8-4-9-23(12-11-22)20(27)18-5-3-10-24(18)17-6-7-17/h3,5,10,13-15,17H,4,6-9,11-12H2,1-2H3. The number of hydrogen-bond donors (Lipinski definition) is 0. The van der Waals surface area contributed by atoms with E-state index in [4.69, 9.17) is 0 Å². The summed E-state index contributed by atoms with van der Waals surface area (Å²) >= 11 is 0. The zero-order chi connectivity index (χ0) is 19.0. The Bertz CT molecular complexity index is 833. The molecule has 1 saturated carbocycles. The molecule has 0 atom stereocenters. The molecule has 0 aromatic carbocycles. The average molecular weight is 369 g/mol. The van der Waals surface area contributed by atoms with E-state index in [1.54, 1.807) is 10.9 Å². The number of nitrogens with zero attached hydrogens (tertiary/aromatic N) is 5. The fourth-order valence-corrected chi connectivity index (χ4v) is 3.65. The van der Waals surface area contributed by atoms with Gasteiger partial charge in [-0.25, -0.2) is 0 Å². The van der Waals surface area contributed by atoms with Crippen LogP contribution in [-0.4, -0.2) is 62.1 Å². The summed E-state index contributed by atoms with van der Waals surface area (Å²) in [5, 5.41) is 4.27. The maximum absolute atomic E-state index is 13.0. The van der Waals surface area contributed by atoms with Gasteiger partial charge in [-0.1, -0.05) is 0 Å². The molecule has 2 aromatic heterocycles. The number of aromatic nitrogens is 3. The van der Waals surface area contributed by atoms with E-state index in [9.17, 15) is 9.59 Å². The monoisotopic (exact) mass is 369 g/mol. The Kier molecular flexibility index (Phi) is 4.76. The number of carbonyl (C=O) groups is 2. The Hall–Kier alpha value is -2.57. The normalized spacial score (nSPS) is 18.0. The van der Waals surface area contributed by atoms with Crippen molar-refractivity contribution in [3.63, 3.8) is 0 Å². The Morgan fingerprint density at radius 1 is 1.07 bits per heavy atom. The number of carbonyl (C=O) groups excluding carboxylic acids is 2. The minimum absolute atomic E-state index is 0.00226. The third-order valence-corrected chi connectivity index (χ3v) is 5.39. The van der Waals surface area contributed by atoms with Gasteiger partial charge in [-0.2, -0.15) is 5.10 Å². The van der Waals surface area contributed by atoms with Crippen LogP contribution in [0.15, 0.2) is 30.7 Å². The maximum Gasteiger partial charge on any atom is 0.270 e. The van der Waals surface area contributed by atoms with Crippen LogP contribution in [0, 0.1) is 0 Å². The second-order valence-corrected chi connectivity index (χ2v) is 7.77. The average Bonchev–Trinajstić information content (AvgIpc) is 3.25. The summed E-state index contributed by atoms with van der Waals surface area (Å²) in [6.07, 6.45) is 8.55. The first kappa shape index (κ1) is 17.8. The number of hydrogen-bond acceptors (Lipinski definition) is 3. The third kappa shape index (κ3) is 3.63. The van der Waals surface area contributed by atoms with Crippen molar-refractivity contribution in [1.82, 2.24) is 24.1 Å². The fourth-order valence-electron chi connectivity index (χ4n) is 3.65. The molecule has 0 radical (unpaired) electrons. The molecular formula is C20H27N5O2. The third-order valence-electron chi connectivity index (χ3n) is 5.39. The summed E-state index contributed by atoms with van der Waals surface area (Å²) in [7, 11) is 0. The largest absolute Gasteiger partial charge is 0.340 e. The molecule has 2 aliphatic rings. The van der Waals surface area contributed by atoms with Crippen LogP contribution in [-0.2, 0) is 0 Å². The smallest absolute Gasteiger partial charge is 0.270 e. The van der Waals surface area contributed by atoms with Gasteiger partial charge in [0.2, 0.25) is 0 Å². The molecule has 0 N–H and O–H groups in total. The molecule has 2 aromatic rings. The van der Waals surface area contributed by atoms with Crippen molar-refractivity contribution < 1.29 is 9.59 Å². The fraction of sp³-hybridized carbons (Fsp3) is 0.550. The summed E-state index contributed by atoms with van der Waals surface area (Å²) in [6, 6.07) is 4.58. The molecule has 1 saturated heterocycles. The lowest BCUT2D eigenvalue weighted by Gasteiger charge is -2.22. The van der Waals surface area contributed by atoms with E-state index >= 15 is 0 Å². The molecule has 4 rings (SSSR count). The van der Waals surface area contributed by atoms with Gasteiger partial charge in [0.1, 0.15) is 5.69 Å². The number of amides is 2. The lowest BCUT2D eigenvalue weighted by atomic mass is 10.3. The van der Waals surface area contributed by atoms with E-state index in [2.05, 4.69) is 9.67 Å². The lowest BCUT2D eigenvalue weighted by Crippen LogP contribution is -2.37. The van der Waals surface area contributed by atoms with Crippen LogP contribution in [0.1, 0.15) is 66.0 Å². The molecule has 27 heavy (non-hydrogen) atoms. The number of rotatable bonds is 4. The van der Waals surface area contributed by atoms with E-state index in [1.165, 1.54) is 0 Å². The topological polar surface area (TPSA) is 63.4 Å². The van der Waals surface area contributed by atoms with Crippen LogP contribution in [0.3, 0.4) is 0 Å². The molecule has 144 valence electrons. The van der Waals surface area contributed by atoms with E-state index in [0.717, 1.165) is 25.0 Å². The predicted octanol–water partition coefficient (Wildman–Crippen LogP) is 2.59. The lowest BCUT2D eigenvalue weighted by molar-refractivity contribution is 0.0712. The highest BCUT2D eigenvalue weighted by molar-refractivity contribution is 5.94. The molecule has 7 heteroatoms. The van der Waals surface area contributed by atoms with Crippen molar-refractivity contribution in [3.05, 3.63) is 42.0 Å². The van der Waals surface area contributed by atoms with Crippen molar-refractivity contribution in [2.24, 2.45) is 0 Å². The predicted molar refractivity (Wildman–Crippen MR) is 102 cm³/mol. The molecule has 7 nitrogen and oxygen atoms in total. The first-order chi connectivity index (χ1) is 13.0. The van der Waals surface area contributed by atoms with Crippen molar-refractivity contribution >= 4 is 11.8 Å². The van der Waals surface area contributed by atoms with Gasteiger partial charge >= 0.3 is 0 Å². The van der Waals surface area contributed by atoms with Crippen LogP contribution in [0.2, 0.25) is 0 Å². The highest BCUT2D eigenvalue weighted by atomic mass is 16.2. The van der Waals surface area contributed by atoms with Crippen molar-refractivity contribution in [2.75, 3.05) is 26.2 Å². The first-order valence-corrected chi connectivity index (χ1v) is 9.84. The molecule has 3 heterocycles. The van der Waals surface area contributed by atoms with Crippen LogP contribution in [0.5, 0.6) is 0 Å². The van der Waals surface area contributed by atoms with E-state index in [1.807, 2.05) is 48.2 Å². The van der Waals surface area contributed by atoms with E-state index in [0.29, 0.717) is 37.8 Å². The van der Waals surface area contributed by atoms with Gasteiger partial charge in [0, 0.05) is 50.7 Å². The quantitative estimate of drug-likeness (QED) is 0.832. The van der Waals surface area contributed by atoms with Crippen molar-refractivity contribution in [3.8, 4) is 0 Å². The summed E-state index contributed by atoms with van der Waals surface area (Å²) in [4.78, 5) is 29.5. The first-order valence-electron chi connectivity index (χ1n) is 9.84. The zero-order valence-corrected chi connectivity index (χ0v) is 16.0. The zero-order valence-electron chi connectivity index (χ0n) is 16.0. The van der Waals surface area contributed by atoms with Crippen molar-refractivity contribution in [2.45, 2.75) is 45.2 Å². The van der Waals surface area contributed by atoms with Gasteiger partial charge in [0.05, 0.1) is 11.8 Å². The SMILES string of the molecule is CC(C)n1cc(C(=O)N2CCCN(C(=O)c3cccn3C3CC3)CC2)cn1. The Morgan fingerprint density at radius 3 is 2.41 bits per heavy atom. The van der Waals surface area contributed by atoms with E-state index < -0.39 is 0 Å². The van der Waals surface area contributed by atoms with Gasteiger partial charge in [-0.05, 0) is 45.2 Å². The van der Waals surface area contributed by atoms with Crippen LogP contribution in [0.4, 0.5) is 0 Å². The summed E-state index contributed by atoms with van der Waals surface area (Å²) in [6.45, 7) is 6.55. The molecule has 2 fully saturated rings. The summed E-state index contributed by atoms with van der Waals surface area (Å²) in [5.41, 5.74) is 1.39. The van der Waals surface area contributed by atoms with Gasteiger partial charge in [0.25, 0.3) is 11.8 Å². The Balaban J connectivity index is 1.41. The van der Waals surface area contributed by atoms with Crippen molar-refractivity contribution in [1.29, 1.82) is 0 Å². The molecule has 1 aliphatic carbocycles. The van der Waals surface area contributed by atoms with Crippen LogP contribution < -0.4 is 0 Å². The summed E-state index contributed by atoms with van der Waals surface area (Å²) in [5.74, 6) is 0.0754. The van der Waals surface area contributed by atoms with Crippen LogP contribution >= 0.6 is 0 Å². The molecule has 2 amide bonds. The Labute approximate surface area is 159 Å². The molecule has 0 unspecified atom stereocenters. The Morgan fingerprint density at radius 2 is 1.78 bits per heavy atom.